The second-order valence-corrected chi connectivity index (χ2v) is 3.89. The lowest BCUT2D eigenvalue weighted by Crippen LogP contribution is -1.97. The van der Waals surface area contributed by atoms with Crippen LogP contribution in [-0.2, 0) is 0 Å². The zero-order valence-electron chi connectivity index (χ0n) is 10.3. The molecule has 0 saturated heterocycles. The number of nitrogens with one attached hydrogen (secondary N) is 2. The van der Waals surface area contributed by atoms with E-state index in [0.29, 0.717) is 5.95 Å². The molecule has 18 heavy (non-hydrogen) atoms. The van der Waals surface area contributed by atoms with E-state index in [1.807, 2.05) is 24.3 Å². The predicted molar refractivity (Wildman–Crippen MR) is 70.9 cm³/mol. The van der Waals surface area contributed by atoms with Gasteiger partial charge in [0, 0.05) is 5.69 Å². The number of aromatic nitrogens is 3. The molecule has 1 aromatic heterocycles. The molecule has 2 rings (SSSR count). The molecule has 0 atom stereocenters. The van der Waals surface area contributed by atoms with Gasteiger partial charge in [0.2, 0.25) is 11.9 Å². The van der Waals surface area contributed by atoms with Gasteiger partial charge in [0.1, 0.15) is 5.75 Å². The van der Waals surface area contributed by atoms with Gasteiger partial charge >= 0.3 is 0 Å². The van der Waals surface area contributed by atoms with Crippen LogP contribution in [0.3, 0.4) is 0 Å². The third-order valence-electron chi connectivity index (χ3n) is 2.39. The number of nitrogen functional groups attached to an aromatic ring is 1. The highest BCUT2D eigenvalue weighted by Crippen LogP contribution is 2.18. The van der Waals surface area contributed by atoms with Crippen molar-refractivity contribution in [1.29, 1.82) is 0 Å². The number of anilines is 3. The molecule has 4 N–H and O–H groups in total. The van der Waals surface area contributed by atoms with E-state index in [0.717, 1.165) is 30.9 Å². The van der Waals surface area contributed by atoms with E-state index >= 15 is 0 Å². The maximum absolute atomic E-state index is 5.57. The molecule has 6 heteroatoms. The van der Waals surface area contributed by atoms with Crippen molar-refractivity contribution in [2.75, 3.05) is 17.7 Å². The first-order valence-corrected chi connectivity index (χ1v) is 5.95. The summed E-state index contributed by atoms with van der Waals surface area (Å²) in [6, 6.07) is 7.66. The van der Waals surface area contributed by atoms with E-state index < -0.39 is 0 Å². The molecule has 96 valence electrons. The molecule has 0 aliphatic heterocycles. The van der Waals surface area contributed by atoms with Crippen molar-refractivity contribution >= 4 is 17.6 Å². The summed E-state index contributed by atoms with van der Waals surface area (Å²) in [5.74, 6) is 1.61. The fourth-order valence-electron chi connectivity index (χ4n) is 1.44. The summed E-state index contributed by atoms with van der Waals surface area (Å²) < 4.78 is 5.57. The Hall–Kier alpha value is -2.24. The van der Waals surface area contributed by atoms with E-state index in [2.05, 4.69) is 27.4 Å². The number of rotatable bonds is 6. The summed E-state index contributed by atoms with van der Waals surface area (Å²) in [7, 11) is 0. The monoisotopic (exact) mass is 247 g/mol. The van der Waals surface area contributed by atoms with Crippen LogP contribution in [0.5, 0.6) is 5.75 Å². The molecule has 1 aromatic carbocycles. The third-order valence-corrected chi connectivity index (χ3v) is 2.39. The molecule has 0 spiro atoms. The van der Waals surface area contributed by atoms with Crippen LogP contribution in [0.25, 0.3) is 0 Å². The summed E-state index contributed by atoms with van der Waals surface area (Å²) in [5.41, 5.74) is 6.31. The zero-order chi connectivity index (χ0) is 12.8. The van der Waals surface area contributed by atoms with Gasteiger partial charge in [-0.1, -0.05) is 13.3 Å². The zero-order valence-corrected chi connectivity index (χ0v) is 10.3. The van der Waals surface area contributed by atoms with Crippen LogP contribution in [0.1, 0.15) is 19.8 Å². The number of aromatic amines is 1. The summed E-state index contributed by atoms with van der Waals surface area (Å²) in [6.45, 7) is 2.89. The Morgan fingerprint density at radius 1 is 1.33 bits per heavy atom. The molecular weight excluding hydrogens is 230 g/mol. The van der Waals surface area contributed by atoms with Gasteiger partial charge in [0.25, 0.3) is 0 Å². The highest BCUT2D eigenvalue weighted by molar-refractivity contribution is 5.54. The normalized spacial score (nSPS) is 10.3. The summed E-state index contributed by atoms with van der Waals surface area (Å²) >= 11 is 0. The van der Waals surface area contributed by atoms with Crippen molar-refractivity contribution in [3.8, 4) is 5.75 Å². The van der Waals surface area contributed by atoms with E-state index in [1.165, 1.54) is 0 Å². The van der Waals surface area contributed by atoms with Crippen LogP contribution in [-0.4, -0.2) is 21.8 Å². The quantitative estimate of drug-likeness (QED) is 0.682. The summed E-state index contributed by atoms with van der Waals surface area (Å²) in [6.07, 6.45) is 2.20. The summed E-state index contributed by atoms with van der Waals surface area (Å²) in [4.78, 5) is 3.96. The Morgan fingerprint density at radius 3 is 2.72 bits per heavy atom. The highest BCUT2D eigenvalue weighted by atomic mass is 16.5. The molecule has 0 aliphatic carbocycles. The number of nitrogens with two attached hydrogens (primary N) is 1. The van der Waals surface area contributed by atoms with Gasteiger partial charge in [0.15, 0.2) is 0 Å². The van der Waals surface area contributed by atoms with Crippen LogP contribution in [0.2, 0.25) is 0 Å². The number of hydrogen-bond acceptors (Lipinski definition) is 5. The number of ether oxygens (including phenoxy) is 1. The lowest BCUT2D eigenvalue weighted by molar-refractivity contribution is 0.309. The van der Waals surface area contributed by atoms with Crippen molar-refractivity contribution in [2.24, 2.45) is 0 Å². The molecule has 0 radical (unpaired) electrons. The second kappa shape index (κ2) is 5.90. The standard InChI is InChI=1S/C12H17N5O/c1-2-3-8-18-10-6-4-9(5-7-10)14-12-15-11(13)16-17-12/h4-7H,2-3,8H2,1H3,(H4,13,14,15,16,17). The van der Waals surface area contributed by atoms with E-state index in [-0.39, 0.29) is 5.95 Å². The molecule has 0 unspecified atom stereocenters. The van der Waals surface area contributed by atoms with Crippen LogP contribution >= 0.6 is 0 Å². The first-order valence-electron chi connectivity index (χ1n) is 5.95. The van der Waals surface area contributed by atoms with Gasteiger partial charge < -0.3 is 15.8 Å². The number of benzene rings is 1. The highest BCUT2D eigenvalue weighted by Gasteiger charge is 2.00. The lowest BCUT2D eigenvalue weighted by Gasteiger charge is -2.06. The third kappa shape index (κ3) is 3.38. The minimum atomic E-state index is 0.219. The maximum Gasteiger partial charge on any atom is 0.241 e. The Morgan fingerprint density at radius 2 is 2.11 bits per heavy atom. The van der Waals surface area contributed by atoms with E-state index in [4.69, 9.17) is 10.5 Å². The van der Waals surface area contributed by atoms with E-state index in [1.54, 1.807) is 0 Å². The fraction of sp³-hybridized carbons (Fsp3) is 0.333. The molecule has 2 aromatic rings. The van der Waals surface area contributed by atoms with Gasteiger partial charge in [-0.15, -0.1) is 5.10 Å². The average Bonchev–Trinajstić information content (AvgIpc) is 2.77. The molecule has 0 fully saturated rings. The van der Waals surface area contributed by atoms with Crippen LogP contribution in [0.15, 0.2) is 24.3 Å². The van der Waals surface area contributed by atoms with Crippen molar-refractivity contribution in [3.63, 3.8) is 0 Å². The average molecular weight is 247 g/mol. The number of unbranched alkanes of at least 4 members (excludes halogenated alkanes) is 1. The Bertz CT molecular complexity index is 479. The second-order valence-electron chi connectivity index (χ2n) is 3.89. The van der Waals surface area contributed by atoms with Crippen molar-refractivity contribution in [3.05, 3.63) is 24.3 Å². The largest absolute Gasteiger partial charge is 0.494 e. The van der Waals surface area contributed by atoms with Crippen LogP contribution in [0, 0.1) is 0 Å². The number of H-pyrrole nitrogens is 1. The molecule has 0 amide bonds. The molecular formula is C12H17N5O. The van der Waals surface area contributed by atoms with Crippen LogP contribution < -0.4 is 15.8 Å². The minimum absolute atomic E-state index is 0.219. The molecule has 0 aliphatic rings. The van der Waals surface area contributed by atoms with Crippen molar-refractivity contribution < 1.29 is 4.74 Å². The van der Waals surface area contributed by atoms with Crippen molar-refractivity contribution in [1.82, 2.24) is 15.2 Å². The van der Waals surface area contributed by atoms with Gasteiger partial charge in [-0.2, -0.15) is 4.98 Å². The summed E-state index contributed by atoms with van der Waals surface area (Å²) in [5, 5.41) is 9.47. The minimum Gasteiger partial charge on any atom is -0.494 e. The van der Waals surface area contributed by atoms with Crippen molar-refractivity contribution in [2.45, 2.75) is 19.8 Å². The smallest absolute Gasteiger partial charge is 0.241 e. The van der Waals surface area contributed by atoms with E-state index in [9.17, 15) is 0 Å². The van der Waals surface area contributed by atoms with Gasteiger partial charge in [-0.05, 0) is 30.7 Å². The molecule has 6 nitrogen and oxygen atoms in total. The topological polar surface area (TPSA) is 88.8 Å². The first-order chi connectivity index (χ1) is 8.78. The first kappa shape index (κ1) is 12.2. The van der Waals surface area contributed by atoms with Gasteiger partial charge in [0.05, 0.1) is 6.61 Å². The Kier molecular flexibility index (Phi) is 4.01. The Balaban J connectivity index is 1.91. The molecule has 0 bridgehead atoms. The maximum atomic E-state index is 5.57. The molecule has 0 saturated carbocycles. The van der Waals surface area contributed by atoms with Gasteiger partial charge in [-0.25, -0.2) is 5.10 Å². The molecule has 1 heterocycles. The number of nitrogens with zero attached hydrogens (tertiary/aromatic N) is 2. The Labute approximate surface area is 106 Å². The predicted octanol–water partition coefficient (Wildman–Crippen LogP) is 2.31. The fourth-order valence-corrected chi connectivity index (χ4v) is 1.44. The van der Waals surface area contributed by atoms with Crippen LogP contribution in [0.4, 0.5) is 17.6 Å². The number of hydrogen-bond donors (Lipinski definition) is 3. The lowest BCUT2D eigenvalue weighted by atomic mass is 10.3. The van der Waals surface area contributed by atoms with Gasteiger partial charge in [-0.3, -0.25) is 0 Å². The SMILES string of the molecule is CCCCOc1ccc(Nc2nc(N)n[nH]2)cc1.